The van der Waals surface area contributed by atoms with Crippen molar-refractivity contribution in [3.8, 4) is 0 Å². The molecule has 244 valence electrons. The quantitative estimate of drug-likeness (QED) is 0.126. The summed E-state index contributed by atoms with van der Waals surface area (Å²) in [6.45, 7) is 2.22. The van der Waals surface area contributed by atoms with Gasteiger partial charge in [-0.05, 0) is 58.7 Å². The van der Waals surface area contributed by atoms with Crippen molar-refractivity contribution in [3.63, 3.8) is 0 Å². The Kier molecular flexibility index (Phi) is 7.17. The number of amides is 2. The smallest absolute Gasteiger partial charge is 0.297 e. The number of benzene rings is 5. The zero-order valence-electron chi connectivity index (χ0n) is 26.4. The highest BCUT2D eigenvalue weighted by Crippen LogP contribution is 2.55. The van der Waals surface area contributed by atoms with Crippen LogP contribution in [0.4, 0.5) is 10.8 Å². The molecule has 8 nitrogen and oxygen atoms in total. The molecule has 1 spiro atoms. The Hall–Kier alpha value is -5.29. The van der Waals surface area contributed by atoms with Crippen molar-refractivity contribution in [3.05, 3.63) is 158 Å². The minimum atomic E-state index is -1.89. The number of hydrogen-bond donors (Lipinski definition) is 0. The number of fused-ring (bicyclic) bond motifs is 6. The monoisotopic (exact) mass is 712 g/mol. The number of halogens is 1. The number of nitrogens with zero attached hydrogens (tertiary/aromatic N) is 4. The van der Waals surface area contributed by atoms with Crippen LogP contribution < -0.4 is 15.2 Å². The maximum atomic E-state index is 15.3. The molecule has 0 radical (unpaired) electrons. The third-order valence-electron chi connectivity index (χ3n) is 9.49. The van der Waals surface area contributed by atoms with E-state index in [1.165, 1.54) is 34.1 Å². The fourth-order valence-corrected chi connectivity index (χ4v) is 9.23. The fraction of sp³-hybridized carbons (Fsp3) is 0.103. The van der Waals surface area contributed by atoms with Crippen LogP contribution in [0.25, 0.3) is 21.7 Å². The summed E-state index contributed by atoms with van der Waals surface area (Å²) in [4.78, 5) is 47.5. The van der Waals surface area contributed by atoms with Crippen LogP contribution in [0.3, 0.4) is 0 Å². The number of hydrogen-bond acceptors (Lipinski definition) is 8. The Balaban J connectivity index is 1.21. The first-order chi connectivity index (χ1) is 24.4. The third-order valence-corrected chi connectivity index (χ3v) is 11.8. The van der Waals surface area contributed by atoms with Gasteiger partial charge >= 0.3 is 0 Å². The van der Waals surface area contributed by atoms with Gasteiger partial charge < -0.3 is 9.32 Å². The fourth-order valence-electron chi connectivity index (χ4n) is 7.16. The second-order valence-corrected chi connectivity index (χ2v) is 14.9. The van der Waals surface area contributed by atoms with Crippen LogP contribution >= 0.6 is 34.7 Å². The van der Waals surface area contributed by atoms with Crippen LogP contribution in [0.5, 0.6) is 0 Å². The predicted octanol–water partition coefficient (Wildman–Crippen LogP) is 8.50. The predicted molar refractivity (Wildman–Crippen MR) is 197 cm³/mol. The Bertz CT molecular complexity index is 2610. The largest absolute Gasteiger partial charge is 0.450 e. The molecular formula is C39H25ClN4O4S2. The molecule has 5 aromatic carbocycles. The molecule has 1 unspecified atom stereocenters. The average Bonchev–Trinajstić information content (AvgIpc) is 3.77. The normalized spacial score (nSPS) is 16.6. The van der Waals surface area contributed by atoms with Crippen molar-refractivity contribution in [2.75, 3.05) is 9.80 Å². The van der Waals surface area contributed by atoms with E-state index in [1.807, 2.05) is 61.5 Å². The first-order valence-corrected chi connectivity index (χ1v) is 18.0. The molecule has 1 atom stereocenters. The molecule has 0 saturated heterocycles. The minimum Gasteiger partial charge on any atom is -0.450 e. The molecule has 2 amide bonds. The highest BCUT2D eigenvalue weighted by molar-refractivity contribution is 8.00. The van der Waals surface area contributed by atoms with Gasteiger partial charge in [0.15, 0.2) is 15.3 Å². The van der Waals surface area contributed by atoms with Crippen LogP contribution in [-0.4, -0.2) is 22.0 Å². The topological polar surface area (TPSA) is 96.6 Å². The standard InChI is InChI=1S/C39H25ClN4O4S2/c1-22-9-2-3-11-24(22)20-43-30-16-7-6-15-29(30)39(36(43)47)32-33(45)28-19-26(40)17-18-31(28)48-34(32)35(46)44(39)37-41-42-38(50-37)49-21-25-13-8-12-23-10-4-5-14-27(23)25/h2-19H,20-21H2,1H3. The van der Waals surface area contributed by atoms with Crippen LogP contribution in [0.2, 0.25) is 5.02 Å². The number of carbonyl (C=O) groups excluding carboxylic acids is 2. The van der Waals surface area contributed by atoms with Gasteiger partial charge in [-0.15, -0.1) is 10.2 Å². The van der Waals surface area contributed by atoms with E-state index in [4.69, 9.17) is 16.0 Å². The molecule has 2 aliphatic rings. The third kappa shape index (κ3) is 4.49. The molecule has 11 heteroatoms. The van der Waals surface area contributed by atoms with E-state index in [-0.39, 0.29) is 34.0 Å². The van der Waals surface area contributed by atoms with E-state index in [0.29, 0.717) is 26.4 Å². The van der Waals surface area contributed by atoms with E-state index in [2.05, 4.69) is 34.5 Å². The second-order valence-electron chi connectivity index (χ2n) is 12.2. The maximum Gasteiger partial charge on any atom is 0.297 e. The summed E-state index contributed by atoms with van der Waals surface area (Å²) in [5.74, 6) is -0.682. The zero-order chi connectivity index (χ0) is 34.1. The lowest BCUT2D eigenvalue weighted by molar-refractivity contribution is -0.121. The van der Waals surface area contributed by atoms with Crippen molar-refractivity contribution in [2.24, 2.45) is 0 Å². The molecule has 2 aliphatic heterocycles. The molecule has 7 aromatic rings. The number of aryl methyl sites for hydroxylation is 1. The van der Waals surface area contributed by atoms with E-state index in [0.717, 1.165) is 27.5 Å². The summed E-state index contributed by atoms with van der Waals surface area (Å²) in [6, 6.07) is 34.1. The van der Waals surface area contributed by atoms with E-state index < -0.39 is 22.8 Å². The van der Waals surface area contributed by atoms with Crippen LogP contribution in [0, 0.1) is 6.92 Å². The average molecular weight is 713 g/mol. The summed E-state index contributed by atoms with van der Waals surface area (Å²) in [5.41, 5.74) is 1.91. The van der Waals surface area contributed by atoms with Gasteiger partial charge in [-0.25, -0.2) is 0 Å². The van der Waals surface area contributed by atoms with Gasteiger partial charge in [-0.3, -0.25) is 19.3 Å². The molecule has 0 fully saturated rings. The summed E-state index contributed by atoms with van der Waals surface area (Å²) >= 11 is 9.03. The molecule has 2 aromatic heterocycles. The SMILES string of the molecule is Cc1ccccc1CN1C(=O)C2(c3ccccc31)c1c(oc3ccc(Cl)cc3c1=O)C(=O)N2c1nnc(SCc2cccc3ccccc23)s1. The van der Waals surface area contributed by atoms with Gasteiger partial charge in [-0.1, -0.05) is 120 Å². The van der Waals surface area contributed by atoms with Crippen molar-refractivity contribution in [2.45, 2.75) is 29.1 Å². The van der Waals surface area contributed by atoms with Crippen LogP contribution in [-0.2, 0) is 22.6 Å². The highest BCUT2D eigenvalue weighted by Gasteiger charge is 2.66. The number of para-hydroxylation sites is 1. The van der Waals surface area contributed by atoms with Gasteiger partial charge in [0.25, 0.3) is 11.8 Å². The lowest BCUT2D eigenvalue weighted by Gasteiger charge is -2.32. The summed E-state index contributed by atoms with van der Waals surface area (Å²) in [7, 11) is 0. The molecule has 9 rings (SSSR count). The number of rotatable bonds is 6. The van der Waals surface area contributed by atoms with Crippen LogP contribution in [0.1, 0.15) is 38.4 Å². The molecule has 50 heavy (non-hydrogen) atoms. The zero-order valence-corrected chi connectivity index (χ0v) is 28.8. The van der Waals surface area contributed by atoms with E-state index >= 15 is 4.79 Å². The molecule has 0 N–H and O–H groups in total. The van der Waals surface area contributed by atoms with Gasteiger partial charge in [0.05, 0.1) is 23.2 Å². The Morgan fingerprint density at radius 3 is 2.48 bits per heavy atom. The van der Waals surface area contributed by atoms with Gasteiger partial charge in [0, 0.05) is 16.3 Å². The molecule has 0 bridgehead atoms. The van der Waals surface area contributed by atoms with Gasteiger partial charge in [0.2, 0.25) is 10.9 Å². The number of carbonyl (C=O) groups is 2. The van der Waals surface area contributed by atoms with Crippen molar-refractivity contribution < 1.29 is 14.0 Å². The molecule has 4 heterocycles. The summed E-state index contributed by atoms with van der Waals surface area (Å²) in [5, 5.41) is 11.9. The van der Waals surface area contributed by atoms with Crippen molar-refractivity contribution in [1.82, 2.24) is 10.2 Å². The Morgan fingerprint density at radius 1 is 0.840 bits per heavy atom. The van der Waals surface area contributed by atoms with E-state index in [1.54, 1.807) is 29.2 Å². The first kappa shape index (κ1) is 30.7. The lowest BCUT2D eigenvalue weighted by atomic mass is 9.84. The first-order valence-electron chi connectivity index (χ1n) is 15.9. The van der Waals surface area contributed by atoms with E-state index in [9.17, 15) is 9.59 Å². The molecule has 0 saturated carbocycles. The Morgan fingerprint density at radius 2 is 1.60 bits per heavy atom. The second kappa shape index (κ2) is 11.7. The van der Waals surface area contributed by atoms with Crippen LogP contribution in [0.15, 0.2) is 123 Å². The number of aromatic nitrogens is 2. The van der Waals surface area contributed by atoms with Gasteiger partial charge in [-0.2, -0.15) is 0 Å². The number of thioether (sulfide) groups is 1. The molecule has 0 aliphatic carbocycles. The summed E-state index contributed by atoms with van der Waals surface area (Å²) < 4.78 is 6.82. The Labute approximate surface area is 298 Å². The minimum absolute atomic E-state index is 0.0536. The number of anilines is 2. The van der Waals surface area contributed by atoms with Crippen molar-refractivity contribution >= 4 is 79.1 Å². The summed E-state index contributed by atoms with van der Waals surface area (Å²) in [6.07, 6.45) is 0. The van der Waals surface area contributed by atoms with Gasteiger partial charge in [0.1, 0.15) is 5.58 Å². The highest BCUT2D eigenvalue weighted by atomic mass is 35.5. The lowest BCUT2D eigenvalue weighted by Crippen LogP contribution is -2.53. The van der Waals surface area contributed by atoms with Crippen molar-refractivity contribution in [1.29, 1.82) is 0 Å². The maximum absolute atomic E-state index is 15.3. The molecular weight excluding hydrogens is 688 g/mol.